The lowest BCUT2D eigenvalue weighted by atomic mass is 10.1. The number of hydrazone groups is 1. The van der Waals surface area contributed by atoms with Gasteiger partial charge in [-0.25, -0.2) is 0 Å². The number of aliphatic imine (C=N–C) groups is 1. The van der Waals surface area contributed by atoms with Gasteiger partial charge < -0.3 is 4.42 Å². The molecule has 28 heavy (non-hydrogen) atoms. The van der Waals surface area contributed by atoms with E-state index in [1.165, 1.54) is 22.8 Å². The van der Waals surface area contributed by atoms with Crippen molar-refractivity contribution in [2.45, 2.75) is 19.8 Å². The molecule has 0 unspecified atom stereocenters. The molecule has 2 aromatic rings. The third-order valence-corrected chi connectivity index (χ3v) is 5.22. The summed E-state index contributed by atoms with van der Waals surface area (Å²) >= 11 is 7.25. The fourth-order valence-electron chi connectivity index (χ4n) is 2.69. The van der Waals surface area contributed by atoms with Crippen molar-refractivity contribution in [2.75, 3.05) is 0 Å². The highest BCUT2D eigenvalue weighted by molar-refractivity contribution is 8.26. The lowest BCUT2D eigenvalue weighted by Crippen LogP contribution is -2.35. The van der Waals surface area contributed by atoms with Crippen molar-refractivity contribution in [3.8, 4) is 11.3 Å². The quantitative estimate of drug-likeness (QED) is 0.649. The molecule has 0 fully saturated rings. The van der Waals surface area contributed by atoms with Gasteiger partial charge in [0.1, 0.15) is 16.6 Å². The zero-order chi connectivity index (χ0) is 19.0. The van der Waals surface area contributed by atoms with Gasteiger partial charge in [0, 0.05) is 10.6 Å². The monoisotopic (exact) mass is 434 g/mol. The van der Waals surface area contributed by atoms with E-state index in [4.69, 9.17) is 21.4 Å². The van der Waals surface area contributed by atoms with Crippen LogP contribution in [-0.4, -0.2) is 27.0 Å². The molecule has 0 aliphatic carbocycles. The van der Waals surface area contributed by atoms with E-state index in [0.29, 0.717) is 21.7 Å². The number of furan rings is 1. The first kappa shape index (κ1) is 20.4. The largest absolute Gasteiger partial charge is 0.457 e. The van der Waals surface area contributed by atoms with Crippen molar-refractivity contribution in [3.05, 3.63) is 52.8 Å². The van der Waals surface area contributed by atoms with Crippen molar-refractivity contribution in [1.82, 2.24) is 5.01 Å². The number of thioether (sulfide) groups is 1. The minimum atomic E-state index is -0.462. The molecule has 2 aliphatic heterocycles. The second-order valence-corrected chi connectivity index (χ2v) is 7.45. The third kappa shape index (κ3) is 3.92. The molecule has 1 amide bonds. The maximum absolute atomic E-state index is 12.4. The number of amidine groups is 2. The highest BCUT2D eigenvalue weighted by Crippen LogP contribution is 2.30. The van der Waals surface area contributed by atoms with Gasteiger partial charge in [0.15, 0.2) is 5.84 Å². The van der Waals surface area contributed by atoms with E-state index in [0.717, 1.165) is 23.4 Å². The first-order valence-corrected chi connectivity index (χ1v) is 9.59. The molecule has 0 saturated carbocycles. The first-order valence-electron chi connectivity index (χ1n) is 8.40. The lowest BCUT2D eigenvalue weighted by Gasteiger charge is -2.19. The Balaban J connectivity index is 0.00000225. The predicted molar refractivity (Wildman–Crippen MR) is 116 cm³/mol. The van der Waals surface area contributed by atoms with Crippen LogP contribution in [0.5, 0.6) is 0 Å². The number of carbonyl (C=O) groups is 1. The molecule has 4 rings (SSSR count). The van der Waals surface area contributed by atoms with Crippen molar-refractivity contribution in [1.29, 1.82) is 5.41 Å². The van der Waals surface area contributed by atoms with Gasteiger partial charge in [0.2, 0.25) is 5.17 Å². The molecule has 9 heteroatoms. The molecule has 3 heterocycles. The summed E-state index contributed by atoms with van der Waals surface area (Å²) in [4.78, 5) is 16.5. The number of amides is 1. The van der Waals surface area contributed by atoms with Gasteiger partial charge in [-0.1, -0.05) is 18.5 Å². The number of benzene rings is 1. The summed E-state index contributed by atoms with van der Waals surface area (Å²) < 4.78 is 5.80. The Labute approximate surface area is 177 Å². The zero-order valence-electron chi connectivity index (χ0n) is 14.8. The number of hydrogen-bond donors (Lipinski definition) is 1. The molecular weight excluding hydrogens is 419 g/mol. The number of hydrogen-bond acceptors (Lipinski definition) is 5. The fraction of sp³-hybridized carbons (Fsp3) is 0.158. The highest BCUT2D eigenvalue weighted by atomic mass is 35.5. The van der Waals surface area contributed by atoms with Crippen molar-refractivity contribution < 1.29 is 9.21 Å². The van der Waals surface area contributed by atoms with E-state index >= 15 is 0 Å². The van der Waals surface area contributed by atoms with E-state index in [1.54, 1.807) is 18.2 Å². The van der Waals surface area contributed by atoms with Gasteiger partial charge in [-0.15, -0.1) is 12.4 Å². The molecule has 0 atom stereocenters. The Morgan fingerprint density at radius 2 is 2.00 bits per heavy atom. The maximum atomic E-state index is 12.4. The topological polar surface area (TPSA) is 82.0 Å². The third-order valence-electron chi connectivity index (χ3n) is 4.00. The molecule has 0 spiro atoms. The molecule has 0 radical (unpaired) electrons. The average Bonchev–Trinajstić information content (AvgIpc) is 3.27. The van der Waals surface area contributed by atoms with Crippen molar-refractivity contribution in [3.63, 3.8) is 0 Å². The van der Waals surface area contributed by atoms with Crippen LogP contribution in [0.3, 0.4) is 0 Å². The van der Waals surface area contributed by atoms with Crippen LogP contribution >= 0.6 is 35.8 Å². The molecule has 0 bridgehead atoms. The number of halogens is 2. The van der Waals surface area contributed by atoms with Crippen LogP contribution in [0.25, 0.3) is 17.4 Å². The Hall–Kier alpha value is -2.35. The van der Waals surface area contributed by atoms with E-state index in [2.05, 4.69) is 17.0 Å². The SMILES string of the molecule is CCCC1=NN2C(=N)C(=Cc3ccc(-c4ccc(Cl)cc4)o3)C(=O)N=C2S1.Cl. The Morgan fingerprint density at radius 3 is 2.71 bits per heavy atom. The molecule has 0 saturated heterocycles. The summed E-state index contributed by atoms with van der Waals surface area (Å²) in [7, 11) is 0. The van der Waals surface area contributed by atoms with Crippen molar-refractivity contribution >= 4 is 63.8 Å². The molecule has 2 aliphatic rings. The van der Waals surface area contributed by atoms with Crippen LogP contribution in [0.2, 0.25) is 5.02 Å². The average molecular weight is 435 g/mol. The summed E-state index contributed by atoms with van der Waals surface area (Å²) in [6.07, 6.45) is 3.27. The van der Waals surface area contributed by atoms with E-state index in [-0.39, 0.29) is 23.8 Å². The minimum Gasteiger partial charge on any atom is -0.457 e. The Bertz CT molecular complexity index is 1020. The first-order chi connectivity index (χ1) is 13.0. The van der Waals surface area contributed by atoms with Gasteiger partial charge in [-0.2, -0.15) is 15.1 Å². The van der Waals surface area contributed by atoms with Crippen LogP contribution in [0.1, 0.15) is 25.5 Å². The number of carbonyl (C=O) groups excluding carboxylic acids is 1. The van der Waals surface area contributed by atoms with Crippen LogP contribution in [-0.2, 0) is 4.79 Å². The van der Waals surface area contributed by atoms with Crippen LogP contribution in [0, 0.1) is 5.41 Å². The van der Waals surface area contributed by atoms with Gasteiger partial charge in [-0.3, -0.25) is 10.2 Å². The molecule has 1 aromatic carbocycles. The second-order valence-electron chi connectivity index (χ2n) is 5.97. The Kier molecular flexibility index (Phi) is 6.07. The molecular formula is C19H16Cl2N4O2S. The zero-order valence-corrected chi connectivity index (χ0v) is 17.2. The Morgan fingerprint density at radius 1 is 1.25 bits per heavy atom. The van der Waals surface area contributed by atoms with E-state index < -0.39 is 5.91 Å². The van der Waals surface area contributed by atoms with Gasteiger partial charge in [-0.05, 0) is 67.1 Å². The smallest absolute Gasteiger partial charge is 0.283 e. The lowest BCUT2D eigenvalue weighted by molar-refractivity contribution is -0.114. The molecule has 6 nitrogen and oxygen atoms in total. The van der Waals surface area contributed by atoms with Crippen LogP contribution in [0.15, 0.2) is 56.5 Å². The molecule has 1 aromatic heterocycles. The van der Waals surface area contributed by atoms with Gasteiger partial charge in [0.25, 0.3) is 5.91 Å². The van der Waals surface area contributed by atoms with Crippen molar-refractivity contribution in [2.24, 2.45) is 10.1 Å². The van der Waals surface area contributed by atoms with Gasteiger partial charge in [0.05, 0.1) is 5.57 Å². The van der Waals surface area contributed by atoms with E-state index in [1.807, 2.05) is 18.2 Å². The summed E-state index contributed by atoms with van der Waals surface area (Å²) in [5.74, 6) is 0.665. The number of nitrogens with one attached hydrogen (secondary N) is 1. The summed E-state index contributed by atoms with van der Waals surface area (Å²) in [6, 6.07) is 10.8. The molecule has 1 N–H and O–H groups in total. The minimum absolute atomic E-state index is 0. The predicted octanol–water partition coefficient (Wildman–Crippen LogP) is 5.44. The second kappa shape index (κ2) is 8.34. The highest BCUT2D eigenvalue weighted by Gasteiger charge is 2.35. The number of rotatable bonds is 4. The standard InChI is InChI=1S/C19H15ClN4O2S.ClH/c1-2-3-16-23-24-17(21)14(18(25)22-19(24)27-16)10-13-8-9-15(26-13)11-4-6-12(20)7-5-11;/h4-10,21H,2-3H2,1H3;1H. The van der Waals surface area contributed by atoms with Crippen LogP contribution in [0.4, 0.5) is 0 Å². The normalized spacial score (nSPS) is 17.4. The summed E-state index contributed by atoms with van der Waals surface area (Å²) in [6.45, 7) is 2.05. The number of fused-ring (bicyclic) bond motifs is 1. The number of nitrogens with zero attached hydrogens (tertiary/aromatic N) is 3. The van der Waals surface area contributed by atoms with E-state index in [9.17, 15) is 4.79 Å². The summed E-state index contributed by atoms with van der Waals surface area (Å²) in [5, 5.41) is 16.1. The van der Waals surface area contributed by atoms with Crippen LogP contribution < -0.4 is 0 Å². The summed E-state index contributed by atoms with van der Waals surface area (Å²) in [5.41, 5.74) is 1.03. The fourth-order valence-corrected chi connectivity index (χ4v) is 3.80. The maximum Gasteiger partial charge on any atom is 0.283 e. The van der Waals surface area contributed by atoms with Gasteiger partial charge >= 0.3 is 0 Å². The molecule has 144 valence electrons.